The fourth-order valence-electron chi connectivity index (χ4n) is 1.62. The van der Waals surface area contributed by atoms with Crippen LogP contribution in [0.4, 0.5) is 5.82 Å². The molecule has 1 aromatic heterocycles. The SMILES string of the molecule is O=c1[nH]nc(NCCN2CCOCC2)c(=O)[nH]1. The molecule has 17 heavy (non-hydrogen) atoms. The van der Waals surface area contributed by atoms with Crippen molar-refractivity contribution in [3.63, 3.8) is 0 Å². The second-order valence-corrected chi connectivity index (χ2v) is 3.74. The average Bonchev–Trinajstić information content (AvgIpc) is 2.33. The summed E-state index contributed by atoms with van der Waals surface area (Å²) in [6.07, 6.45) is 0. The topological polar surface area (TPSA) is 103 Å². The van der Waals surface area contributed by atoms with Gasteiger partial charge in [0.05, 0.1) is 13.2 Å². The summed E-state index contributed by atoms with van der Waals surface area (Å²) in [6.45, 7) is 4.70. The second-order valence-electron chi connectivity index (χ2n) is 3.74. The van der Waals surface area contributed by atoms with Gasteiger partial charge in [-0.25, -0.2) is 9.89 Å². The molecule has 0 aromatic carbocycles. The maximum Gasteiger partial charge on any atom is 0.342 e. The Morgan fingerprint density at radius 1 is 1.35 bits per heavy atom. The lowest BCUT2D eigenvalue weighted by molar-refractivity contribution is 0.0398. The van der Waals surface area contributed by atoms with Crippen LogP contribution in [0.5, 0.6) is 0 Å². The molecular formula is C9H15N5O3. The molecule has 0 saturated carbocycles. The number of nitrogens with zero attached hydrogens (tertiary/aromatic N) is 2. The molecule has 0 aliphatic carbocycles. The Balaban J connectivity index is 1.81. The van der Waals surface area contributed by atoms with Gasteiger partial charge in [0.25, 0.3) is 5.56 Å². The van der Waals surface area contributed by atoms with Crippen LogP contribution in [-0.4, -0.2) is 59.5 Å². The smallest absolute Gasteiger partial charge is 0.342 e. The van der Waals surface area contributed by atoms with Crippen molar-refractivity contribution in [2.45, 2.75) is 0 Å². The van der Waals surface area contributed by atoms with Crippen LogP contribution in [0, 0.1) is 0 Å². The summed E-state index contributed by atoms with van der Waals surface area (Å²) < 4.78 is 5.23. The number of nitrogens with one attached hydrogen (secondary N) is 3. The van der Waals surface area contributed by atoms with Gasteiger partial charge < -0.3 is 10.1 Å². The summed E-state index contributed by atoms with van der Waals surface area (Å²) in [7, 11) is 0. The quantitative estimate of drug-likeness (QED) is 0.575. The van der Waals surface area contributed by atoms with E-state index in [1.165, 1.54) is 0 Å². The first-order valence-corrected chi connectivity index (χ1v) is 5.49. The van der Waals surface area contributed by atoms with Gasteiger partial charge in [0.15, 0.2) is 0 Å². The number of rotatable bonds is 4. The molecule has 1 saturated heterocycles. The molecule has 2 rings (SSSR count). The molecule has 2 heterocycles. The van der Waals surface area contributed by atoms with Crippen LogP contribution in [0.1, 0.15) is 0 Å². The molecule has 1 fully saturated rings. The molecule has 8 nitrogen and oxygen atoms in total. The van der Waals surface area contributed by atoms with Crippen LogP contribution in [-0.2, 0) is 4.74 Å². The highest BCUT2D eigenvalue weighted by Crippen LogP contribution is 1.96. The van der Waals surface area contributed by atoms with Crippen molar-refractivity contribution in [1.82, 2.24) is 20.1 Å². The maximum absolute atomic E-state index is 11.3. The van der Waals surface area contributed by atoms with Gasteiger partial charge in [-0.1, -0.05) is 0 Å². The molecule has 1 aliphatic rings. The average molecular weight is 241 g/mol. The van der Waals surface area contributed by atoms with Crippen LogP contribution >= 0.6 is 0 Å². The van der Waals surface area contributed by atoms with Crippen molar-refractivity contribution in [3.05, 3.63) is 20.8 Å². The first kappa shape index (κ1) is 11.8. The van der Waals surface area contributed by atoms with Gasteiger partial charge in [0.2, 0.25) is 5.82 Å². The van der Waals surface area contributed by atoms with E-state index in [4.69, 9.17) is 4.74 Å². The van der Waals surface area contributed by atoms with E-state index in [9.17, 15) is 9.59 Å². The zero-order chi connectivity index (χ0) is 12.1. The number of aromatic nitrogens is 3. The number of ether oxygens (including phenoxy) is 1. The van der Waals surface area contributed by atoms with Crippen LogP contribution in [0.25, 0.3) is 0 Å². The van der Waals surface area contributed by atoms with Gasteiger partial charge in [-0.15, -0.1) is 5.10 Å². The number of hydrogen-bond acceptors (Lipinski definition) is 6. The molecule has 0 amide bonds. The Kier molecular flexibility index (Phi) is 3.89. The molecule has 0 atom stereocenters. The van der Waals surface area contributed by atoms with Crippen molar-refractivity contribution in [2.75, 3.05) is 44.7 Å². The summed E-state index contributed by atoms with van der Waals surface area (Å²) in [5.74, 6) is 0.137. The zero-order valence-corrected chi connectivity index (χ0v) is 9.36. The predicted octanol–water partition coefficient (Wildman–Crippen LogP) is -1.80. The third-order valence-electron chi connectivity index (χ3n) is 2.54. The van der Waals surface area contributed by atoms with Crippen LogP contribution in [0.15, 0.2) is 9.59 Å². The molecular weight excluding hydrogens is 226 g/mol. The number of anilines is 1. The van der Waals surface area contributed by atoms with Crippen molar-refractivity contribution in [2.24, 2.45) is 0 Å². The largest absolute Gasteiger partial charge is 0.379 e. The van der Waals surface area contributed by atoms with E-state index in [1.807, 2.05) is 0 Å². The van der Waals surface area contributed by atoms with E-state index in [0.29, 0.717) is 6.54 Å². The molecule has 8 heteroatoms. The molecule has 1 aliphatic heterocycles. The lowest BCUT2D eigenvalue weighted by Gasteiger charge is -2.26. The Labute approximate surface area is 97.0 Å². The van der Waals surface area contributed by atoms with Crippen LogP contribution < -0.4 is 16.6 Å². The molecule has 0 bridgehead atoms. The standard InChI is InChI=1S/C9H15N5O3/c15-8-7(12-13-9(16)11-8)10-1-2-14-3-5-17-6-4-14/h1-6H2,(H,10,12)(H2,11,13,15,16). The monoisotopic (exact) mass is 241 g/mol. The van der Waals surface area contributed by atoms with Gasteiger partial charge in [-0.3, -0.25) is 14.7 Å². The maximum atomic E-state index is 11.3. The molecule has 94 valence electrons. The summed E-state index contributed by atoms with van der Waals surface area (Å²) >= 11 is 0. The van der Waals surface area contributed by atoms with E-state index in [2.05, 4.69) is 25.4 Å². The zero-order valence-electron chi connectivity index (χ0n) is 9.36. The predicted molar refractivity (Wildman–Crippen MR) is 61.2 cm³/mol. The lowest BCUT2D eigenvalue weighted by Crippen LogP contribution is -2.39. The van der Waals surface area contributed by atoms with Gasteiger partial charge in [0.1, 0.15) is 0 Å². The Bertz CT molecular complexity index is 462. The summed E-state index contributed by atoms with van der Waals surface area (Å²) in [6, 6.07) is 0. The fourth-order valence-corrected chi connectivity index (χ4v) is 1.62. The van der Waals surface area contributed by atoms with Crippen molar-refractivity contribution in [3.8, 4) is 0 Å². The van der Waals surface area contributed by atoms with Gasteiger partial charge in [-0.05, 0) is 0 Å². The Morgan fingerprint density at radius 3 is 2.82 bits per heavy atom. The molecule has 0 spiro atoms. The van der Waals surface area contributed by atoms with Crippen molar-refractivity contribution >= 4 is 5.82 Å². The minimum atomic E-state index is -0.603. The number of morpholine rings is 1. The van der Waals surface area contributed by atoms with Gasteiger partial charge in [-0.2, -0.15) is 0 Å². The number of aromatic amines is 2. The number of H-pyrrole nitrogens is 2. The van der Waals surface area contributed by atoms with E-state index < -0.39 is 11.2 Å². The van der Waals surface area contributed by atoms with E-state index in [1.54, 1.807) is 0 Å². The minimum Gasteiger partial charge on any atom is -0.379 e. The van der Waals surface area contributed by atoms with Gasteiger partial charge >= 0.3 is 5.69 Å². The molecule has 1 aromatic rings. The summed E-state index contributed by atoms with van der Waals surface area (Å²) in [5, 5.41) is 8.68. The highest BCUT2D eigenvalue weighted by atomic mass is 16.5. The van der Waals surface area contributed by atoms with Gasteiger partial charge in [0, 0.05) is 26.2 Å². The Hall–Kier alpha value is -1.67. The highest BCUT2D eigenvalue weighted by molar-refractivity contribution is 5.28. The molecule has 0 unspecified atom stereocenters. The summed E-state index contributed by atoms with van der Waals surface area (Å²) in [4.78, 5) is 26.4. The third-order valence-corrected chi connectivity index (χ3v) is 2.54. The first-order valence-electron chi connectivity index (χ1n) is 5.49. The van der Waals surface area contributed by atoms with Crippen molar-refractivity contribution < 1.29 is 4.74 Å². The molecule has 0 radical (unpaired) electrons. The summed E-state index contributed by atoms with van der Waals surface area (Å²) in [5.41, 5.74) is -1.11. The Morgan fingerprint density at radius 2 is 2.12 bits per heavy atom. The third kappa shape index (κ3) is 3.40. The van der Waals surface area contributed by atoms with Crippen LogP contribution in [0.3, 0.4) is 0 Å². The lowest BCUT2D eigenvalue weighted by atomic mass is 10.4. The first-order chi connectivity index (χ1) is 8.25. The van der Waals surface area contributed by atoms with E-state index >= 15 is 0 Å². The minimum absolute atomic E-state index is 0.137. The second kappa shape index (κ2) is 5.60. The van der Waals surface area contributed by atoms with Crippen molar-refractivity contribution in [1.29, 1.82) is 0 Å². The fraction of sp³-hybridized carbons (Fsp3) is 0.667. The normalized spacial score (nSPS) is 16.9. The van der Waals surface area contributed by atoms with E-state index in [0.717, 1.165) is 32.8 Å². The molecule has 3 N–H and O–H groups in total. The van der Waals surface area contributed by atoms with E-state index in [-0.39, 0.29) is 5.82 Å². The van der Waals surface area contributed by atoms with Crippen LogP contribution in [0.2, 0.25) is 0 Å². The number of hydrogen-bond donors (Lipinski definition) is 3. The highest BCUT2D eigenvalue weighted by Gasteiger charge is 2.09.